The van der Waals surface area contributed by atoms with Crippen molar-refractivity contribution in [1.29, 1.82) is 0 Å². The smallest absolute Gasteiger partial charge is 0.329 e. The van der Waals surface area contributed by atoms with Gasteiger partial charge in [0, 0.05) is 18.7 Å². The summed E-state index contributed by atoms with van der Waals surface area (Å²) in [6.45, 7) is 6.31. The van der Waals surface area contributed by atoms with Gasteiger partial charge in [0.05, 0.1) is 33.6 Å². The molecule has 8 nitrogen and oxygen atoms in total. The second-order valence-electron chi connectivity index (χ2n) is 8.11. The van der Waals surface area contributed by atoms with E-state index in [2.05, 4.69) is 5.32 Å². The Morgan fingerprint density at radius 3 is 2.17 bits per heavy atom. The van der Waals surface area contributed by atoms with Gasteiger partial charge in [-0.1, -0.05) is 23.8 Å². The van der Waals surface area contributed by atoms with E-state index in [-0.39, 0.29) is 21.2 Å². The number of hydrogen-bond donors (Lipinski definition) is 1. The number of aromatic nitrogens is 2. The van der Waals surface area contributed by atoms with Crippen LogP contribution in [0.4, 0.5) is 5.69 Å². The number of fused-ring (bicyclic) bond motifs is 1. The number of amides is 1. The van der Waals surface area contributed by atoms with Crippen LogP contribution in [0.15, 0.2) is 75.2 Å². The van der Waals surface area contributed by atoms with Crippen LogP contribution in [0, 0.1) is 6.92 Å². The highest BCUT2D eigenvalue weighted by Crippen LogP contribution is 2.33. The predicted molar refractivity (Wildman–Crippen MR) is 135 cm³/mol. The predicted octanol–water partition coefficient (Wildman–Crippen LogP) is 4.24. The molecule has 0 saturated heterocycles. The average molecular weight is 494 g/mol. The molecule has 0 saturated carbocycles. The van der Waals surface area contributed by atoms with Crippen molar-refractivity contribution in [1.82, 2.24) is 9.13 Å². The van der Waals surface area contributed by atoms with Crippen molar-refractivity contribution >= 4 is 32.5 Å². The van der Waals surface area contributed by atoms with Gasteiger partial charge < -0.3 is 10.1 Å². The van der Waals surface area contributed by atoms with Gasteiger partial charge in [0.1, 0.15) is 5.75 Å². The molecule has 182 valence electrons. The summed E-state index contributed by atoms with van der Waals surface area (Å²) < 4.78 is 35.7. The molecule has 0 radical (unpaired) electrons. The fourth-order valence-corrected chi connectivity index (χ4v) is 5.49. The molecular weight excluding hydrogens is 466 g/mol. The van der Waals surface area contributed by atoms with E-state index in [1.54, 1.807) is 47.0 Å². The van der Waals surface area contributed by atoms with Crippen LogP contribution in [0.1, 0.15) is 29.8 Å². The molecule has 0 aliphatic carbocycles. The maximum absolute atomic E-state index is 13.7. The van der Waals surface area contributed by atoms with Crippen molar-refractivity contribution < 1.29 is 17.9 Å². The van der Waals surface area contributed by atoms with Gasteiger partial charge in [-0.3, -0.25) is 13.9 Å². The van der Waals surface area contributed by atoms with E-state index in [1.807, 2.05) is 20.8 Å². The SMILES string of the molecule is CCn1c(=O)n(CC)c2cc(S(=O)(=O)c3ccc(C)cc3)c(NC(=O)c3cccc(OC)c3)cc21. The molecule has 0 unspecified atom stereocenters. The number of nitrogens with zero attached hydrogens (tertiary/aromatic N) is 2. The van der Waals surface area contributed by atoms with Crippen molar-refractivity contribution in [2.24, 2.45) is 0 Å². The number of anilines is 1. The number of rotatable bonds is 7. The van der Waals surface area contributed by atoms with E-state index in [4.69, 9.17) is 4.74 Å². The van der Waals surface area contributed by atoms with Crippen LogP contribution in [0.2, 0.25) is 0 Å². The third-order valence-electron chi connectivity index (χ3n) is 5.95. The van der Waals surface area contributed by atoms with Crippen molar-refractivity contribution in [2.75, 3.05) is 12.4 Å². The quantitative estimate of drug-likeness (QED) is 0.415. The summed E-state index contributed by atoms with van der Waals surface area (Å²) in [5.74, 6) is 0.00405. The number of aryl methyl sites for hydroxylation is 3. The summed E-state index contributed by atoms with van der Waals surface area (Å²) >= 11 is 0. The molecule has 1 heterocycles. The summed E-state index contributed by atoms with van der Waals surface area (Å²) in [7, 11) is -2.52. The Morgan fingerprint density at radius 2 is 1.57 bits per heavy atom. The van der Waals surface area contributed by atoms with Crippen LogP contribution in [-0.4, -0.2) is 30.6 Å². The molecule has 0 atom stereocenters. The zero-order valence-corrected chi connectivity index (χ0v) is 20.8. The molecule has 3 aromatic carbocycles. The first kappa shape index (κ1) is 24.3. The first-order valence-electron chi connectivity index (χ1n) is 11.3. The largest absolute Gasteiger partial charge is 0.497 e. The normalized spacial score (nSPS) is 11.5. The van der Waals surface area contributed by atoms with Gasteiger partial charge in [-0.15, -0.1) is 0 Å². The van der Waals surface area contributed by atoms with Crippen LogP contribution in [0.3, 0.4) is 0 Å². The monoisotopic (exact) mass is 493 g/mol. The Morgan fingerprint density at radius 1 is 0.943 bits per heavy atom. The number of carbonyl (C=O) groups excluding carboxylic acids is 1. The summed E-state index contributed by atoms with van der Waals surface area (Å²) in [4.78, 5) is 26.1. The lowest BCUT2D eigenvalue weighted by Gasteiger charge is -2.14. The van der Waals surface area contributed by atoms with Gasteiger partial charge in [0.15, 0.2) is 0 Å². The Kier molecular flexibility index (Phi) is 6.53. The zero-order valence-electron chi connectivity index (χ0n) is 20.0. The fraction of sp³-hybridized carbons (Fsp3) is 0.231. The van der Waals surface area contributed by atoms with Gasteiger partial charge in [0.25, 0.3) is 5.91 Å². The van der Waals surface area contributed by atoms with Gasteiger partial charge in [-0.2, -0.15) is 0 Å². The van der Waals surface area contributed by atoms with Crippen LogP contribution < -0.4 is 15.7 Å². The van der Waals surface area contributed by atoms with Gasteiger partial charge in [0.2, 0.25) is 9.84 Å². The summed E-state index contributed by atoms with van der Waals surface area (Å²) in [5, 5.41) is 2.76. The zero-order chi connectivity index (χ0) is 25.3. The minimum Gasteiger partial charge on any atom is -0.497 e. The minimum absolute atomic E-state index is 0.0828. The standard InChI is InChI=1S/C26H27N3O5S/c1-5-28-22-15-21(27-25(30)18-8-7-9-19(14-18)34-4)24(16-23(22)29(6-2)26(28)31)35(32,33)20-12-10-17(3)11-13-20/h7-16H,5-6H2,1-4H3,(H,27,30). The summed E-state index contributed by atoms with van der Waals surface area (Å²) in [6, 6.07) is 16.1. The molecule has 1 amide bonds. The van der Waals surface area contributed by atoms with E-state index in [0.29, 0.717) is 35.4 Å². The highest BCUT2D eigenvalue weighted by atomic mass is 32.2. The number of nitrogens with one attached hydrogen (secondary N) is 1. The Balaban J connectivity index is 1.95. The topological polar surface area (TPSA) is 99.4 Å². The number of sulfone groups is 1. The molecule has 0 aliphatic heterocycles. The number of ether oxygens (including phenoxy) is 1. The first-order valence-corrected chi connectivity index (χ1v) is 12.7. The maximum atomic E-state index is 13.7. The van der Waals surface area contributed by atoms with Crippen molar-refractivity contribution in [3.63, 3.8) is 0 Å². The second kappa shape index (κ2) is 9.42. The van der Waals surface area contributed by atoms with E-state index in [9.17, 15) is 18.0 Å². The third kappa shape index (κ3) is 4.35. The van der Waals surface area contributed by atoms with E-state index in [1.165, 1.54) is 29.9 Å². The first-order chi connectivity index (χ1) is 16.7. The molecule has 4 rings (SSSR count). The Labute approximate surface area is 203 Å². The molecule has 0 spiro atoms. The van der Waals surface area contributed by atoms with Gasteiger partial charge in [-0.25, -0.2) is 13.2 Å². The molecule has 1 N–H and O–H groups in total. The minimum atomic E-state index is -4.02. The van der Waals surface area contributed by atoms with Crippen LogP contribution >= 0.6 is 0 Å². The molecule has 4 aromatic rings. The highest BCUT2D eigenvalue weighted by Gasteiger charge is 2.26. The molecular formula is C26H27N3O5S. The number of carbonyl (C=O) groups is 1. The molecule has 0 aliphatic rings. The van der Waals surface area contributed by atoms with E-state index in [0.717, 1.165) is 5.56 Å². The van der Waals surface area contributed by atoms with Crippen molar-refractivity contribution in [2.45, 2.75) is 43.7 Å². The van der Waals surface area contributed by atoms with Gasteiger partial charge in [-0.05, 0) is 63.2 Å². The van der Waals surface area contributed by atoms with Crippen molar-refractivity contribution in [3.05, 3.63) is 82.3 Å². The van der Waals surface area contributed by atoms with E-state index >= 15 is 0 Å². The number of hydrogen-bond acceptors (Lipinski definition) is 5. The van der Waals surface area contributed by atoms with Gasteiger partial charge >= 0.3 is 5.69 Å². The number of methoxy groups -OCH3 is 1. The van der Waals surface area contributed by atoms with Crippen molar-refractivity contribution in [3.8, 4) is 5.75 Å². The molecule has 0 fully saturated rings. The molecule has 1 aromatic heterocycles. The summed E-state index contributed by atoms with van der Waals surface area (Å²) in [6.07, 6.45) is 0. The highest BCUT2D eigenvalue weighted by molar-refractivity contribution is 7.91. The van der Waals surface area contributed by atoms with Crippen LogP contribution in [0.25, 0.3) is 11.0 Å². The lowest BCUT2D eigenvalue weighted by atomic mass is 10.2. The molecule has 9 heteroatoms. The number of imidazole rings is 1. The Hall–Kier alpha value is -3.85. The lowest BCUT2D eigenvalue weighted by Crippen LogP contribution is -2.23. The fourth-order valence-electron chi connectivity index (χ4n) is 4.08. The Bertz CT molecular complexity index is 1580. The average Bonchev–Trinajstić information content (AvgIpc) is 3.12. The molecule has 0 bridgehead atoms. The van der Waals surface area contributed by atoms with Crippen LogP contribution in [0.5, 0.6) is 5.75 Å². The summed E-state index contributed by atoms with van der Waals surface area (Å²) in [5.41, 5.74) is 2.13. The third-order valence-corrected chi connectivity index (χ3v) is 7.76. The molecule has 35 heavy (non-hydrogen) atoms. The van der Waals surface area contributed by atoms with E-state index < -0.39 is 15.7 Å². The van der Waals surface area contributed by atoms with Crippen LogP contribution in [-0.2, 0) is 22.9 Å². The number of benzene rings is 3. The lowest BCUT2D eigenvalue weighted by molar-refractivity contribution is 0.102. The maximum Gasteiger partial charge on any atom is 0.329 e. The second-order valence-corrected chi connectivity index (χ2v) is 10.0.